The van der Waals surface area contributed by atoms with Crippen LogP contribution in [0.2, 0.25) is 0 Å². The van der Waals surface area contributed by atoms with Gasteiger partial charge >= 0.3 is 0 Å². The van der Waals surface area contributed by atoms with Gasteiger partial charge in [-0.15, -0.1) is 0 Å². The van der Waals surface area contributed by atoms with Crippen LogP contribution in [0, 0.1) is 39.0 Å². The predicted octanol–water partition coefficient (Wildman–Crippen LogP) is 18.8. The molecule has 0 radical (unpaired) electrons. The Morgan fingerprint density at radius 1 is 0.362 bits per heavy atom. The molecular formula is C58H76. The van der Waals surface area contributed by atoms with Crippen LogP contribution in [0.25, 0.3) is 43.1 Å². The normalized spacial score (nSPS) is 9.86. The van der Waals surface area contributed by atoms with Gasteiger partial charge in [-0.1, -0.05) is 264 Å². The van der Waals surface area contributed by atoms with Crippen molar-refractivity contribution in [1.29, 1.82) is 0 Å². The van der Waals surface area contributed by atoms with E-state index in [1.54, 1.807) is 0 Å². The molecule has 0 saturated carbocycles. The molecule has 8 rings (SSSR count). The second-order valence-electron chi connectivity index (χ2n) is 16.7. The third-order valence-electron chi connectivity index (χ3n) is 7.83. The van der Waals surface area contributed by atoms with Gasteiger partial charge in [-0.05, 0) is 93.2 Å². The van der Waals surface area contributed by atoms with Gasteiger partial charge in [-0.3, -0.25) is 0 Å². The standard InChI is InChI=1S/C15H12.2C11H10.C7H8.C5H12.C4H10.C3H8.C2H6/c1-11-10-12-6-2-3-8-14(12)15-9-5-4-7-13(11)15;1-9-5-4-7-10-6-2-3-8-11(9)10;1-9-6-7-10-4-2-3-5-11(10)8-9;1-7-5-3-2-4-6-7;1-5(2,3)4;1-4(2)3;1-3-2;1-2/h2-10H,1H3;2*2-8H,1H3;2-6H,1H3;1-4H3;4H,1-3H3;3H2,1-2H3;1-2H3. The summed E-state index contributed by atoms with van der Waals surface area (Å²) in [6, 6.07) is 59.4. The average Bonchev–Trinajstić information content (AvgIpc) is 3.20. The van der Waals surface area contributed by atoms with Gasteiger partial charge in [0.25, 0.3) is 0 Å². The Balaban J connectivity index is 0.000000356. The molecule has 0 N–H and O–H groups in total. The number of aryl methyl sites for hydroxylation is 4. The summed E-state index contributed by atoms with van der Waals surface area (Å²) in [4.78, 5) is 0. The number of benzene rings is 8. The van der Waals surface area contributed by atoms with Gasteiger partial charge in [0.05, 0.1) is 0 Å². The van der Waals surface area contributed by atoms with Crippen LogP contribution in [0.3, 0.4) is 0 Å². The third-order valence-corrected chi connectivity index (χ3v) is 7.83. The lowest BCUT2D eigenvalue weighted by molar-refractivity contribution is 0.469. The predicted molar refractivity (Wildman–Crippen MR) is 268 cm³/mol. The monoisotopic (exact) mass is 773 g/mol. The van der Waals surface area contributed by atoms with Gasteiger partial charge in [-0.25, -0.2) is 0 Å². The van der Waals surface area contributed by atoms with Gasteiger partial charge in [0, 0.05) is 0 Å². The summed E-state index contributed by atoms with van der Waals surface area (Å²) in [5, 5.41) is 10.7. The molecule has 0 unspecified atom stereocenters. The molecule has 0 saturated heterocycles. The highest BCUT2D eigenvalue weighted by Crippen LogP contribution is 2.28. The molecule has 0 heteroatoms. The highest BCUT2D eigenvalue weighted by molar-refractivity contribution is 6.08. The molecule has 8 aromatic carbocycles. The van der Waals surface area contributed by atoms with Crippen molar-refractivity contribution in [3.63, 3.8) is 0 Å². The Bertz CT molecular complexity index is 2240. The zero-order valence-electron chi connectivity index (χ0n) is 39.0. The first-order valence-electron chi connectivity index (χ1n) is 21.4. The van der Waals surface area contributed by atoms with Crippen molar-refractivity contribution in [3.8, 4) is 0 Å². The molecule has 0 nitrogen and oxygen atoms in total. The Hall–Kier alpha value is -5.20. The lowest BCUT2D eigenvalue weighted by Crippen LogP contribution is -1.93. The van der Waals surface area contributed by atoms with E-state index in [4.69, 9.17) is 0 Å². The Kier molecular flexibility index (Phi) is 24.7. The van der Waals surface area contributed by atoms with Gasteiger partial charge in [0.1, 0.15) is 0 Å². The summed E-state index contributed by atoms with van der Waals surface area (Å²) in [5.74, 6) is 0.833. The molecule has 0 heterocycles. The van der Waals surface area contributed by atoms with Crippen LogP contribution in [-0.2, 0) is 0 Å². The highest BCUT2D eigenvalue weighted by Gasteiger charge is 2.02. The molecule has 0 aliphatic heterocycles. The van der Waals surface area contributed by atoms with Crippen LogP contribution in [0.4, 0.5) is 0 Å². The molecule has 0 atom stereocenters. The molecule has 8 aromatic rings. The fourth-order valence-electron chi connectivity index (χ4n) is 5.47. The van der Waals surface area contributed by atoms with Gasteiger partial charge in [0.2, 0.25) is 0 Å². The molecule has 0 bridgehead atoms. The molecule has 58 heavy (non-hydrogen) atoms. The lowest BCUT2D eigenvalue weighted by Gasteiger charge is -2.06. The Morgan fingerprint density at radius 2 is 0.759 bits per heavy atom. The van der Waals surface area contributed by atoms with E-state index in [0.29, 0.717) is 5.41 Å². The molecule has 308 valence electrons. The largest absolute Gasteiger partial charge is 0.0683 e. The van der Waals surface area contributed by atoms with Crippen LogP contribution < -0.4 is 0 Å². The van der Waals surface area contributed by atoms with E-state index in [1.807, 2.05) is 32.0 Å². The van der Waals surface area contributed by atoms with E-state index >= 15 is 0 Å². The van der Waals surface area contributed by atoms with E-state index < -0.39 is 0 Å². The third kappa shape index (κ3) is 20.8. The Morgan fingerprint density at radius 3 is 1.26 bits per heavy atom. The number of rotatable bonds is 0. The van der Waals surface area contributed by atoms with Gasteiger partial charge in [0.15, 0.2) is 0 Å². The molecule has 0 aliphatic carbocycles. The first-order chi connectivity index (χ1) is 27.6. The summed E-state index contributed by atoms with van der Waals surface area (Å²) < 4.78 is 0. The van der Waals surface area contributed by atoms with E-state index in [2.05, 4.69) is 242 Å². The average molecular weight is 773 g/mol. The van der Waals surface area contributed by atoms with Crippen LogP contribution >= 0.6 is 0 Å². The minimum absolute atomic E-state index is 0.500. The fourth-order valence-corrected chi connectivity index (χ4v) is 5.47. The smallest absolute Gasteiger partial charge is 0.0103 e. The van der Waals surface area contributed by atoms with Crippen molar-refractivity contribution in [2.75, 3.05) is 0 Å². The van der Waals surface area contributed by atoms with Crippen LogP contribution in [0.1, 0.15) is 105 Å². The number of hydrogen-bond acceptors (Lipinski definition) is 0. The van der Waals surface area contributed by atoms with Gasteiger partial charge < -0.3 is 0 Å². The van der Waals surface area contributed by atoms with Crippen molar-refractivity contribution in [3.05, 3.63) is 192 Å². The van der Waals surface area contributed by atoms with E-state index in [1.165, 1.54) is 71.8 Å². The lowest BCUT2D eigenvalue weighted by atomic mass is 9.98. The van der Waals surface area contributed by atoms with Crippen molar-refractivity contribution in [2.45, 2.75) is 110 Å². The summed E-state index contributed by atoms with van der Waals surface area (Å²) in [6.45, 7) is 32.0. The Labute approximate surface area is 355 Å². The van der Waals surface area contributed by atoms with Crippen molar-refractivity contribution >= 4 is 43.1 Å². The summed E-state index contributed by atoms with van der Waals surface area (Å²) in [6.07, 6.45) is 1.25. The maximum atomic E-state index is 2.26. The first kappa shape index (κ1) is 50.8. The molecule has 0 aliphatic rings. The van der Waals surface area contributed by atoms with Crippen molar-refractivity contribution in [1.82, 2.24) is 0 Å². The van der Waals surface area contributed by atoms with E-state index in [0.717, 1.165) is 5.92 Å². The van der Waals surface area contributed by atoms with E-state index in [9.17, 15) is 0 Å². The van der Waals surface area contributed by atoms with Crippen LogP contribution in [0.15, 0.2) is 170 Å². The van der Waals surface area contributed by atoms with Crippen LogP contribution in [0.5, 0.6) is 0 Å². The molecular weight excluding hydrogens is 697 g/mol. The summed E-state index contributed by atoms with van der Waals surface area (Å²) >= 11 is 0. The maximum absolute atomic E-state index is 2.26. The first-order valence-corrected chi connectivity index (χ1v) is 21.4. The summed E-state index contributed by atoms with van der Waals surface area (Å²) in [5.41, 5.74) is 5.85. The number of hydrogen-bond donors (Lipinski definition) is 0. The second-order valence-corrected chi connectivity index (χ2v) is 16.7. The zero-order chi connectivity index (χ0) is 43.5. The van der Waals surface area contributed by atoms with Gasteiger partial charge in [-0.2, -0.15) is 0 Å². The topological polar surface area (TPSA) is 0 Å². The fraction of sp³-hybridized carbons (Fsp3) is 0.310. The molecule has 0 amide bonds. The maximum Gasteiger partial charge on any atom is -0.0103 e. The van der Waals surface area contributed by atoms with E-state index in [-0.39, 0.29) is 0 Å². The second kappa shape index (κ2) is 28.2. The summed E-state index contributed by atoms with van der Waals surface area (Å²) in [7, 11) is 0. The van der Waals surface area contributed by atoms with Crippen LogP contribution in [-0.4, -0.2) is 0 Å². The molecule has 0 spiro atoms. The van der Waals surface area contributed by atoms with Crippen molar-refractivity contribution in [2.24, 2.45) is 11.3 Å². The minimum Gasteiger partial charge on any atom is -0.0683 e. The molecule has 0 fully saturated rings. The molecule has 0 aromatic heterocycles. The number of fused-ring (bicyclic) bond motifs is 5. The SMILES string of the molecule is CC.CC(C)(C)C.CC(C)C.CCC.Cc1cc2ccccc2c2ccccc12.Cc1ccc2ccccc2c1.Cc1cccc2ccccc12.Cc1ccccc1. The van der Waals surface area contributed by atoms with Crippen molar-refractivity contribution < 1.29 is 0 Å². The quantitative estimate of drug-likeness (QED) is 0.135. The minimum atomic E-state index is 0.500. The zero-order valence-corrected chi connectivity index (χ0v) is 39.0. The highest BCUT2D eigenvalue weighted by atomic mass is 14.1.